The molecule has 2 rings (SSSR count). The van der Waals surface area contributed by atoms with Gasteiger partial charge >= 0.3 is 0 Å². The summed E-state index contributed by atoms with van der Waals surface area (Å²) in [5, 5.41) is 7.37. The van der Waals surface area contributed by atoms with E-state index in [2.05, 4.69) is 25.4 Å². The Bertz CT molecular complexity index is 547. The maximum absolute atomic E-state index is 4.47. The Morgan fingerprint density at radius 2 is 2.00 bits per heavy atom. The van der Waals surface area contributed by atoms with E-state index < -0.39 is 0 Å². The highest BCUT2D eigenvalue weighted by Gasteiger charge is 2.12. The number of hydrogen-bond acceptors (Lipinski definition) is 6. The zero-order chi connectivity index (χ0) is 13.8. The van der Waals surface area contributed by atoms with Crippen LogP contribution in [0.5, 0.6) is 0 Å². The summed E-state index contributed by atoms with van der Waals surface area (Å²) in [6.45, 7) is 5.59. The Morgan fingerprint density at radius 1 is 1.21 bits per heavy atom. The highest BCUT2D eigenvalue weighted by molar-refractivity contribution is 5.54. The van der Waals surface area contributed by atoms with Crippen LogP contribution in [0.4, 0.5) is 11.9 Å². The van der Waals surface area contributed by atoms with E-state index in [4.69, 9.17) is 0 Å². The van der Waals surface area contributed by atoms with Gasteiger partial charge in [0.1, 0.15) is 5.69 Å². The Morgan fingerprint density at radius 3 is 2.63 bits per heavy atom. The van der Waals surface area contributed by atoms with E-state index >= 15 is 0 Å². The molecule has 0 radical (unpaired) electrons. The van der Waals surface area contributed by atoms with Gasteiger partial charge in [0.25, 0.3) is 0 Å². The van der Waals surface area contributed by atoms with Crippen LogP contribution in [0.2, 0.25) is 0 Å². The van der Waals surface area contributed by atoms with Gasteiger partial charge in [0.05, 0.1) is 0 Å². The van der Waals surface area contributed by atoms with E-state index in [1.54, 1.807) is 6.20 Å². The second-order valence-electron chi connectivity index (χ2n) is 4.24. The molecule has 0 saturated carbocycles. The number of hydrogen-bond donors (Lipinski definition) is 1. The molecule has 7 heteroatoms. The van der Waals surface area contributed by atoms with Crippen molar-refractivity contribution in [2.45, 2.75) is 20.4 Å². The van der Waals surface area contributed by atoms with E-state index in [1.807, 2.05) is 43.6 Å². The lowest BCUT2D eigenvalue weighted by molar-refractivity contribution is 0.663. The molecule has 0 aromatic carbocycles. The highest BCUT2D eigenvalue weighted by atomic mass is 15.3. The number of nitrogens with zero attached hydrogens (tertiary/aromatic N) is 6. The normalized spacial score (nSPS) is 10.5. The molecule has 2 aromatic rings. The smallest absolute Gasteiger partial charge is 0.230 e. The second-order valence-corrected chi connectivity index (χ2v) is 4.24. The van der Waals surface area contributed by atoms with Crippen LogP contribution in [0.15, 0.2) is 12.3 Å². The lowest BCUT2D eigenvalue weighted by Crippen LogP contribution is -2.16. The molecule has 0 fully saturated rings. The minimum atomic E-state index is 0.583. The van der Waals surface area contributed by atoms with Gasteiger partial charge in [0.15, 0.2) is 5.82 Å². The first-order valence-electron chi connectivity index (χ1n) is 6.35. The van der Waals surface area contributed by atoms with Gasteiger partial charge in [-0.15, -0.1) is 0 Å². The van der Waals surface area contributed by atoms with Crippen molar-refractivity contribution in [2.75, 3.05) is 30.9 Å². The molecule has 7 nitrogen and oxygen atoms in total. The van der Waals surface area contributed by atoms with Gasteiger partial charge in [-0.25, -0.2) is 0 Å². The van der Waals surface area contributed by atoms with Crippen LogP contribution in [0.1, 0.15) is 13.8 Å². The first kappa shape index (κ1) is 13.3. The number of aryl methyl sites for hydroxylation is 1. The largest absolute Gasteiger partial charge is 0.354 e. The Kier molecular flexibility index (Phi) is 3.94. The molecule has 0 amide bonds. The third-order valence-corrected chi connectivity index (χ3v) is 2.60. The lowest BCUT2D eigenvalue weighted by Gasteiger charge is -2.13. The summed E-state index contributed by atoms with van der Waals surface area (Å²) in [4.78, 5) is 15.1. The molecule has 1 N–H and O–H groups in total. The summed E-state index contributed by atoms with van der Waals surface area (Å²) in [6, 6.07) is 1.91. The maximum Gasteiger partial charge on any atom is 0.230 e. The lowest BCUT2D eigenvalue weighted by atomic mass is 10.4. The Hall–Kier alpha value is -2.18. The molecule has 0 spiro atoms. The van der Waals surface area contributed by atoms with Crippen molar-refractivity contribution in [3.8, 4) is 11.5 Å². The fraction of sp³-hybridized carbons (Fsp3) is 0.500. The van der Waals surface area contributed by atoms with Gasteiger partial charge in [0, 0.05) is 33.4 Å². The van der Waals surface area contributed by atoms with E-state index in [9.17, 15) is 0 Å². The molecule has 102 valence electrons. The second kappa shape index (κ2) is 5.64. The zero-order valence-corrected chi connectivity index (χ0v) is 11.8. The molecule has 19 heavy (non-hydrogen) atoms. The molecule has 2 aromatic heterocycles. The standard InChI is InChI=1S/C12H19N7/c1-5-13-11-15-10(16-12(17-11)18(3)4)9-7-8-14-19(9)6-2/h7-8H,5-6H2,1-4H3,(H,13,15,16,17). The van der Waals surface area contributed by atoms with Crippen LogP contribution >= 0.6 is 0 Å². The van der Waals surface area contributed by atoms with Crippen molar-refractivity contribution in [3.63, 3.8) is 0 Å². The summed E-state index contributed by atoms with van der Waals surface area (Å²) < 4.78 is 1.87. The van der Waals surface area contributed by atoms with Crippen LogP contribution in [-0.4, -0.2) is 45.4 Å². The van der Waals surface area contributed by atoms with E-state index in [1.165, 1.54) is 0 Å². The first-order chi connectivity index (χ1) is 9.15. The molecule has 0 aliphatic heterocycles. The van der Waals surface area contributed by atoms with Gasteiger partial charge in [-0.05, 0) is 19.9 Å². The van der Waals surface area contributed by atoms with Crippen molar-refractivity contribution in [1.82, 2.24) is 24.7 Å². The molecular formula is C12H19N7. The Balaban J connectivity index is 2.49. The number of nitrogens with one attached hydrogen (secondary N) is 1. The van der Waals surface area contributed by atoms with Crippen molar-refractivity contribution in [2.24, 2.45) is 0 Å². The van der Waals surface area contributed by atoms with Crippen LogP contribution in [0.25, 0.3) is 11.5 Å². The van der Waals surface area contributed by atoms with E-state index in [-0.39, 0.29) is 0 Å². The molecule has 0 bridgehead atoms. The van der Waals surface area contributed by atoms with Crippen LogP contribution in [0, 0.1) is 0 Å². The Labute approximate surface area is 112 Å². The summed E-state index contributed by atoms with van der Waals surface area (Å²) in [5.41, 5.74) is 0.896. The maximum atomic E-state index is 4.47. The summed E-state index contributed by atoms with van der Waals surface area (Å²) in [6.07, 6.45) is 1.75. The molecule has 0 unspecified atom stereocenters. The fourth-order valence-electron chi connectivity index (χ4n) is 1.69. The highest BCUT2D eigenvalue weighted by Crippen LogP contribution is 2.18. The van der Waals surface area contributed by atoms with Crippen LogP contribution < -0.4 is 10.2 Å². The molecule has 0 atom stereocenters. The van der Waals surface area contributed by atoms with Crippen LogP contribution in [0.3, 0.4) is 0 Å². The average Bonchev–Trinajstić information content (AvgIpc) is 2.87. The van der Waals surface area contributed by atoms with Gasteiger partial charge in [0.2, 0.25) is 11.9 Å². The minimum absolute atomic E-state index is 0.583. The number of rotatable bonds is 5. The van der Waals surface area contributed by atoms with Gasteiger partial charge in [-0.1, -0.05) is 0 Å². The van der Waals surface area contributed by atoms with Gasteiger partial charge in [-0.2, -0.15) is 20.1 Å². The molecule has 0 aliphatic rings. The van der Waals surface area contributed by atoms with Gasteiger partial charge in [-0.3, -0.25) is 4.68 Å². The predicted molar refractivity (Wildman–Crippen MR) is 75.2 cm³/mol. The number of anilines is 2. The molecule has 0 aliphatic carbocycles. The third-order valence-electron chi connectivity index (χ3n) is 2.60. The van der Waals surface area contributed by atoms with E-state index in [0.717, 1.165) is 18.8 Å². The van der Waals surface area contributed by atoms with Crippen molar-refractivity contribution in [3.05, 3.63) is 12.3 Å². The third kappa shape index (κ3) is 2.81. The summed E-state index contributed by atoms with van der Waals surface area (Å²) in [5.74, 6) is 1.85. The van der Waals surface area contributed by atoms with Crippen molar-refractivity contribution >= 4 is 11.9 Å². The zero-order valence-electron chi connectivity index (χ0n) is 11.8. The summed E-state index contributed by atoms with van der Waals surface area (Å²) in [7, 11) is 3.82. The van der Waals surface area contributed by atoms with Crippen molar-refractivity contribution in [1.29, 1.82) is 0 Å². The van der Waals surface area contributed by atoms with Crippen LogP contribution in [-0.2, 0) is 6.54 Å². The predicted octanol–water partition coefficient (Wildman–Crippen LogP) is 1.25. The first-order valence-corrected chi connectivity index (χ1v) is 6.35. The van der Waals surface area contributed by atoms with E-state index in [0.29, 0.717) is 17.7 Å². The SMILES string of the molecule is CCNc1nc(-c2ccnn2CC)nc(N(C)C)n1. The average molecular weight is 261 g/mol. The quantitative estimate of drug-likeness (QED) is 0.873. The summed E-state index contributed by atoms with van der Waals surface area (Å²) >= 11 is 0. The minimum Gasteiger partial charge on any atom is -0.354 e. The fourth-order valence-corrected chi connectivity index (χ4v) is 1.69. The monoisotopic (exact) mass is 261 g/mol. The topological polar surface area (TPSA) is 71.8 Å². The van der Waals surface area contributed by atoms with Gasteiger partial charge < -0.3 is 10.2 Å². The number of aromatic nitrogens is 5. The molecular weight excluding hydrogens is 242 g/mol. The molecule has 0 saturated heterocycles. The molecule has 2 heterocycles. The van der Waals surface area contributed by atoms with Crippen molar-refractivity contribution < 1.29 is 0 Å².